The van der Waals surface area contributed by atoms with E-state index in [0.29, 0.717) is 15.9 Å². The van der Waals surface area contributed by atoms with Crippen molar-refractivity contribution in [3.8, 4) is 0 Å². The van der Waals surface area contributed by atoms with Crippen molar-refractivity contribution < 1.29 is 19.1 Å². The Morgan fingerprint density at radius 1 is 1.23 bits per heavy atom. The van der Waals surface area contributed by atoms with Crippen LogP contribution in [0.5, 0.6) is 0 Å². The minimum atomic E-state index is -0.766. The Labute approximate surface area is 165 Å². The van der Waals surface area contributed by atoms with Gasteiger partial charge in [0.1, 0.15) is 11.3 Å². The van der Waals surface area contributed by atoms with Crippen molar-refractivity contribution in [3.05, 3.63) is 34.5 Å². The summed E-state index contributed by atoms with van der Waals surface area (Å²) in [5, 5.41) is 0.824. The van der Waals surface area contributed by atoms with Crippen molar-refractivity contribution in [2.24, 2.45) is 0 Å². The predicted molar refractivity (Wildman–Crippen MR) is 105 cm³/mol. The Morgan fingerprint density at radius 3 is 2.35 bits per heavy atom. The molecule has 140 valence electrons. The molecular formula is C18H20BrClN2O4. The first kappa shape index (κ1) is 20.5. The molecule has 8 heteroatoms. The third-order valence-corrected chi connectivity index (χ3v) is 4.26. The van der Waals surface area contributed by atoms with Crippen LogP contribution in [0, 0.1) is 0 Å². The molecule has 0 N–H and O–H groups in total. The lowest BCUT2D eigenvalue weighted by atomic mass is 10.1. The van der Waals surface area contributed by atoms with Gasteiger partial charge in [0.15, 0.2) is 5.78 Å². The van der Waals surface area contributed by atoms with Crippen LogP contribution in [0.25, 0.3) is 10.9 Å². The predicted octanol–water partition coefficient (Wildman–Crippen LogP) is 4.36. The number of amides is 1. The average molecular weight is 444 g/mol. The number of rotatable bonds is 3. The Balaban J connectivity index is 2.92. The molecule has 0 bridgehead atoms. The van der Waals surface area contributed by atoms with Gasteiger partial charge < -0.3 is 9.64 Å². The van der Waals surface area contributed by atoms with E-state index in [1.807, 2.05) is 0 Å². The minimum Gasteiger partial charge on any atom is -0.443 e. The molecule has 0 aliphatic rings. The molecule has 0 fully saturated rings. The maximum absolute atomic E-state index is 12.8. The Hall–Kier alpha value is -1.86. The number of ketones is 1. The van der Waals surface area contributed by atoms with Gasteiger partial charge in [0.05, 0.1) is 16.4 Å². The van der Waals surface area contributed by atoms with Gasteiger partial charge in [0.2, 0.25) is 0 Å². The molecular weight excluding hydrogens is 424 g/mol. The molecule has 0 aliphatic carbocycles. The van der Waals surface area contributed by atoms with Crippen molar-refractivity contribution in [2.75, 3.05) is 19.4 Å². The van der Waals surface area contributed by atoms with E-state index < -0.39 is 17.6 Å². The largest absolute Gasteiger partial charge is 0.443 e. The molecule has 6 nitrogen and oxygen atoms in total. The fraction of sp³-hybridized carbons (Fsp3) is 0.389. The number of alkyl halides is 1. The monoisotopic (exact) mass is 442 g/mol. The second kappa shape index (κ2) is 7.40. The quantitative estimate of drug-likeness (QED) is 0.522. The topological polar surface area (TPSA) is 68.6 Å². The van der Waals surface area contributed by atoms with E-state index >= 15 is 0 Å². The van der Waals surface area contributed by atoms with E-state index in [0.717, 1.165) is 4.57 Å². The summed E-state index contributed by atoms with van der Waals surface area (Å²) in [4.78, 5) is 39.6. The van der Waals surface area contributed by atoms with Gasteiger partial charge in [-0.25, -0.2) is 9.36 Å². The second-order valence-electron chi connectivity index (χ2n) is 6.96. The number of hydrogen-bond acceptors (Lipinski definition) is 4. The third-order valence-electron chi connectivity index (χ3n) is 3.51. The van der Waals surface area contributed by atoms with Gasteiger partial charge in [0, 0.05) is 24.5 Å². The van der Waals surface area contributed by atoms with Crippen molar-refractivity contribution in [2.45, 2.75) is 26.4 Å². The maximum Gasteiger partial charge on any atom is 0.419 e. The zero-order valence-electron chi connectivity index (χ0n) is 15.2. The molecule has 1 aromatic heterocycles. The zero-order chi connectivity index (χ0) is 19.8. The zero-order valence-corrected chi connectivity index (χ0v) is 17.6. The van der Waals surface area contributed by atoms with E-state index in [2.05, 4.69) is 15.9 Å². The number of fused-ring (bicyclic) bond motifs is 1. The third kappa shape index (κ3) is 3.94. The first-order chi connectivity index (χ1) is 12.0. The molecule has 2 rings (SSSR count). The molecule has 0 unspecified atom stereocenters. The van der Waals surface area contributed by atoms with Crippen LogP contribution < -0.4 is 0 Å². The maximum atomic E-state index is 12.8. The van der Waals surface area contributed by atoms with Gasteiger partial charge >= 0.3 is 6.09 Å². The molecule has 0 atom stereocenters. The van der Waals surface area contributed by atoms with Crippen molar-refractivity contribution in [1.82, 2.24) is 9.47 Å². The number of benzene rings is 1. The first-order valence-corrected chi connectivity index (χ1v) is 9.36. The van der Waals surface area contributed by atoms with Crippen LogP contribution in [-0.2, 0) is 4.74 Å². The van der Waals surface area contributed by atoms with E-state index in [4.69, 9.17) is 16.3 Å². The lowest BCUT2D eigenvalue weighted by molar-refractivity contribution is 0.0528. The summed E-state index contributed by atoms with van der Waals surface area (Å²) in [7, 11) is 3.10. The fourth-order valence-electron chi connectivity index (χ4n) is 2.52. The van der Waals surface area contributed by atoms with Gasteiger partial charge in [-0.1, -0.05) is 27.5 Å². The highest BCUT2D eigenvalue weighted by Gasteiger charge is 2.32. The number of carbonyl (C=O) groups is 3. The Kier molecular flexibility index (Phi) is 5.82. The summed E-state index contributed by atoms with van der Waals surface area (Å²) in [6.07, 6.45) is -0.733. The summed E-state index contributed by atoms with van der Waals surface area (Å²) in [6.45, 7) is 5.18. The second-order valence-corrected chi connectivity index (χ2v) is 7.95. The number of aromatic nitrogens is 1. The highest BCUT2D eigenvalue weighted by molar-refractivity contribution is 9.09. The number of carbonyl (C=O) groups excluding carboxylic acids is 3. The van der Waals surface area contributed by atoms with Gasteiger partial charge in [-0.3, -0.25) is 9.59 Å². The highest BCUT2D eigenvalue weighted by Crippen LogP contribution is 2.31. The summed E-state index contributed by atoms with van der Waals surface area (Å²) in [6, 6.07) is 4.76. The van der Waals surface area contributed by atoms with Gasteiger partial charge in [-0.2, -0.15) is 0 Å². The minimum absolute atomic E-state index is 0.000649. The summed E-state index contributed by atoms with van der Waals surface area (Å²) in [5.74, 6) is -0.808. The highest BCUT2D eigenvalue weighted by atomic mass is 79.9. The lowest BCUT2D eigenvalue weighted by Gasteiger charge is -2.21. The number of hydrogen-bond donors (Lipinski definition) is 0. The van der Waals surface area contributed by atoms with E-state index in [-0.39, 0.29) is 22.4 Å². The SMILES string of the molecule is CN(C)C(=O)c1c(C(=O)CBr)c2cc(Cl)ccc2n1C(=O)OC(C)(C)C. The average Bonchev–Trinajstić information content (AvgIpc) is 2.85. The standard InChI is InChI=1S/C18H20BrClN2O4/c1-18(2,3)26-17(25)22-12-7-6-10(20)8-11(12)14(13(23)9-19)15(22)16(24)21(4)5/h6-8H,9H2,1-5H3. The van der Waals surface area contributed by atoms with Crippen LogP contribution in [0.3, 0.4) is 0 Å². The molecule has 0 radical (unpaired) electrons. The molecule has 1 aromatic carbocycles. The molecule has 2 aromatic rings. The fourth-order valence-corrected chi connectivity index (χ4v) is 2.98. The Morgan fingerprint density at radius 2 is 1.85 bits per heavy atom. The summed E-state index contributed by atoms with van der Waals surface area (Å²) < 4.78 is 6.60. The summed E-state index contributed by atoms with van der Waals surface area (Å²) >= 11 is 9.22. The van der Waals surface area contributed by atoms with Gasteiger partial charge in [0.25, 0.3) is 5.91 Å². The molecule has 1 heterocycles. The molecule has 0 spiro atoms. The van der Waals surface area contributed by atoms with Crippen LogP contribution in [0.2, 0.25) is 5.02 Å². The van der Waals surface area contributed by atoms with Crippen molar-refractivity contribution in [3.63, 3.8) is 0 Å². The van der Waals surface area contributed by atoms with Gasteiger partial charge in [-0.15, -0.1) is 0 Å². The van der Waals surface area contributed by atoms with Gasteiger partial charge in [-0.05, 0) is 39.0 Å². The Bertz CT molecular complexity index is 897. The number of nitrogens with zero attached hydrogens (tertiary/aromatic N) is 2. The molecule has 0 aliphatic heterocycles. The van der Waals surface area contributed by atoms with Crippen LogP contribution in [-0.4, -0.2) is 52.3 Å². The number of halogens is 2. The van der Waals surface area contributed by atoms with E-state index in [1.54, 1.807) is 53.1 Å². The van der Waals surface area contributed by atoms with Crippen molar-refractivity contribution >= 4 is 56.2 Å². The smallest absolute Gasteiger partial charge is 0.419 e. The van der Waals surface area contributed by atoms with Crippen LogP contribution in [0.1, 0.15) is 41.6 Å². The number of Topliss-reactive ketones (excluding diaryl/α,β-unsaturated/α-hetero) is 1. The normalized spacial score (nSPS) is 11.5. The van der Waals surface area contributed by atoms with Crippen LogP contribution in [0.15, 0.2) is 18.2 Å². The molecule has 1 amide bonds. The van der Waals surface area contributed by atoms with Crippen molar-refractivity contribution in [1.29, 1.82) is 0 Å². The summed E-state index contributed by atoms with van der Waals surface area (Å²) in [5.41, 5.74) is -0.272. The van der Waals surface area contributed by atoms with Crippen LogP contribution >= 0.6 is 27.5 Å². The lowest BCUT2D eigenvalue weighted by Crippen LogP contribution is -2.32. The molecule has 0 saturated carbocycles. The van der Waals surface area contributed by atoms with Crippen LogP contribution in [0.4, 0.5) is 4.79 Å². The van der Waals surface area contributed by atoms with E-state index in [1.165, 1.54) is 4.90 Å². The van der Waals surface area contributed by atoms with E-state index in [9.17, 15) is 14.4 Å². The first-order valence-electron chi connectivity index (χ1n) is 7.86. The molecule has 0 saturated heterocycles. The number of ether oxygens (including phenoxy) is 1. The molecule has 26 heavy (non-hydrogen) atoms.